The SMILES string of the molecule is Cc1ccc(-n2ncc3c2C=C2CCC[C@]45CNC(=O)N4[C@]25C3)cc1. The molecule has 1 aromatic carbocycles. The fourth-order valence-electron chi connectivity index (χ4n) is 5.59. The Bertz CT molecular complexity index is 957. The minimum atomic E-state index is -0.0677. The number of amides is 2. The van der Waals surface area contributed by atoms with E-state index in [4.69, 9.17) is 0 Å². The number of fused-ring (bicyclic) bond motifs is 1. The monoisotopic (exact) mass is 332 g/mol. The van der Waals surface area contributed by atoms with E-state index in [9.17, 15) is 4.79 Å². The fraction of sp³-hybridized carbons (Fsp3) is 0.400. The number of rotatable bonds is 1. The number of nitrogens with one attached hydrogen (secondary N) is 1. The first-order valence-corrected chi connectivity index (χ1v) is 9.09. The van der Waals surface area contributed by atoms with Gasteiger partial charge in [-0.15, -0.1) is 0 Å². The van der Waals surface area contributed by atoms with Crippen molar-refractivity contribution in [3.05, 3.63) is 52.9 Å². The first-order valence-electron chi connectivity index (χ1n) is 9.09. The molecule has 6 rings (SSSR count). The highest BCUT2D eigenvalue weighted by atomic mass is 16.2. The molecule has 1 saturated carbocycles. The smallest absolute Gasteiger partial charge is 0.318 e. The summed E-state index contributed by atoms with van der Waals surface area (Å²) < 4.78 is 2.05. The average molecular weight is 332 g/mol. The van der Waals surface area contributed by atoms with Gasteiger partial charge in [0.2, 0.25) is 0 Å². The van der Waals surface area contributed by atoms with Crippen molar-refractivity contribution in [2.75, 3.05) is 6.54 Å². The molecule has 126 valence electrons. The largest absolute Gasteiger partial charge is 0.335 e. The van der Waals surface area contributed by atoms with E-state index in [1.54, 1.807) is 0 Å². The summed E-state index contributed by atoms with van der Waals surface area (Å²) in [6.45, 7) is 2.89. The average Bonchev–Trinajstić information content (AvgIpc) is 2.84. The van der Waals surface area contributed by atoms with Crippen molar-refractivity contribution in [3.63, 3.8) is 0 Å². The summed E-state index contributed by atoms with van der Waals surface area (Å²) in [5.74, 6) is 0. The molecule has 2 aliphatic carbocycles. The maximum absolute atomic E-state index is 12.4. The minimum Gasteiger partial charge on any atom is -0.335 e. The Morgan fingerprint density at radius 3 is 2.92 bits per heavy atom. The van der Waals surface area contributed by atoms with E-state index in [0.29, 0.717) is 0 Å². The second-order valence-corrected chi connectivity index (χ2v) is 7.89. The Balaban J connectivity index is 1.49. The fourth-order valence-corrected chi connectivity index (χ4v) is 5.59. The van der Waals surface area contributed by atoms with Crippen LogP contribution in [0.2, 0.25) is 0 Å². The molecule has 5 heteroatoms. The maximum Gasteiger partial charge on any atom is 0.318 e. The van der Waals surface area contributed by atoms with Crippen LogP contribution in [-0.2, 0) is 6.42 Å². The molecule has 2 atom stereocenters. The van der Waals surface area contributed by atoms with Gasteiger partial charge in [0.15, 0.2) is 0 Å². The molecule has 25 heavy (non-hydrogen) atoms. The van der Waals surface area contributed by atoms with Crippen molar-refractivity contribution in [1.82, 2.24) is 20.0 Å². The third kappa shape index (κ3) is 1.42. The van der Waals surface area contributed by atoms with E-state index in [1.807, 2.05) is 10.9 Å². The zero-order valence-electron chi connectivity index (χ0n) is 14.2. The van der Waals surface area contributed by atoms with Gasteiger partial charge in [0.1, 0.15) is 0 Å². The van der Waals surface area contributed by atoms with Crippen LogP contribution in [0.3, 0.4) is 0 Å². The molecule has 0 unspecified atom stereocenters. The lowest BCUT2D eigenvalue weighted by Gasteiger charge is -2.32. The van der Waals surface area contributed by atoms with Crippen LogP contribution in [0.4, 0.5) is 4.79 Å². The van der Waals surface area contributed by atoms with Crippen LogP contribution in [0, 0.1) is 6.92 Å². The zero-order valence-corrected chi connectivity index (χ0v) is 14.2. The Morgan fingerprint density at radius 1 is 1.24 bits per heavy atom. The van der Waals surface area contributed by atoms with E-state index < -0.39 is 0 Å². The molecule has 2 saturated heterocycles. The van der Waals surface area contributed by atoms with Gasteiger partial charge in [-0.05, 0) is 50.0 Å². The number of carbonyl (C=O) groups is 1. The summed E-state index contributed by atoms with van der Waals surface area (Å²) in [7, 11) is 0. The molecule has 3 fully saturated rings. The molecule has 2 aliphatic heterocycles. The van der Waals surface area contributed by atoms with Crippen LogP contribution in [0.5, 0.6) is 0 Å². The Labute approximate surface area is 146 Å². The van der Waals surface area contributed by atoms with Gasteiger partial charge in [0.05, 0.1) is 28.7 Å². The number of aryl methyl sites for hydroxylation is 1. The molecule has 1 N–H and O–H groups in total. The van der Waals surface area contributed by atoms with Crippen LogP contribution in [0.15, 0.2) is 36.0 Å². The van der Waals surface area contributed by atoms with Crippen molar-refractivity contribution in [2.45, 2.75) is 43.7 Å². The van der Waals surface area contributed by atoms with Gasteiger partial charge < -0.3 is 10.2 Å². The number of carbonyl (C=O) groups excluding carboxylic acids is 1. The summed E-state index contributed by atoms with van der Waals surface area (Å²) in [5.41, 5.74) is 6.18. The molecule has 1 aromatic heterocycles. The van der Waals surface area contributed by atoms with Gasteiger partial charge in [0, 0.05) is 18.5 Å². The van der Waals surface area contributed by atoms with E-state index in [-0.39, 0.29) is 17.1 Å². The highest BCUT2D eigenvalue weighted by Gasteiger charge is 2.81. The summed E-state index contributed by atoms with van der Waals surface area (Å²) in [5, 5.41) is 7.70. The quantitative estimate of drug-likeness (QED) is 0.817. The number of urea groups is 1. The first-order chi connectivity index (χ1) is 12.2. The van der Waals surface area contributed by atoms with Gasteiger partial charge in [-0.25, -0.2) is 9.48 Å². The molecular formula is C20H20N4O. The van der Waals surface area contributed by atoms with Crippen LogP contribution in [0.1, 0.15) is 36.1 Å². The highest BCUT2D eigenvalue weighted by molar-refractivity contribution is 5.88. The van der Waals surface area contributed by atoms with Gasteiger partial charge >= 0.3 is 6.03 Å². The molecule has 0 bridgehead atoms. The molecule has 3 heterocycles. The zero-order chi connectivity index (χ0) is 16.8. The van der Waals surface area contributed by atoms with Gasteiger partial charge in [0.25, 0.3) is 0 Å². The van der Waals surface area contributed by atoms with Crippen molar-refractivity contribution < 1.29 is 4.79 Å². The van der Waals surface area contributed by atoms with Crippen LogP contribution < -0.4 is 5.32 Å². The van der Waals surface area contributed by atoms with Crippen LogP contribution in [0.25, 0.3) is 11.8 Å². The minimum absolute atomic E-state index is 0.0256. The normalized spacial score (nSPS) is 31.5. The standard InChI is InChI=1S/C20H20N4O/c1-13-4-6-16(7-5-13)23-17-9-15-3-2-8-19-12-21-18(25)24(19)20(15,19)10-14(17)11-22-23/h4-7,9,11H,2-3,8,10,12H2,1H3,(H,21,25)/t19-,20-,24?/m1/s1. The van der Waals surface area contributed by atoms with Crippen LogP contribution in [-0.4, -0.2) is 38.3 Å². The second kappa shape index (κ2) is 4.15. The molecule has 5 nitrogen and oxygen atoms in total. The van der Waals surface area contributed by atoms with E-state index in [2.05, 4.69) is 52.6 Å². The van der Waals surface area contributed by atoms with Crippen molar-refractivity contribution in [1.29, 1.82) is 0 Å². The molecule has 2 spiro atoms. The molecular weight excluding hydrogens is 312 g/mol. The highest BCUT2D eigenvalue weighted by Crippen LogP contribution is 2.67. The second-order valence-electron chi connectivity index (χ2n) is 7.89. The van der Waals surface area contributed by atoms with E-state index in [0.717, 1.165) is 37.9 Å². The summed E-state index contributed by atoms with van der Waals surface area (Å²) in [6, 6.07) is 8.60. The Kier molecular flexibility index (Phi) is 2.28. The number of nitrogens with zero attached hydrogens (tertiary/aromatic N) is 3. The lowest BCUT2D eigenvalue weighted by Crippen LogP contribution is -2.44. The molecule has 0 radical (unpaired) electrons. The van der Waals surface area contributed by atoms with Crippen molar-refractivity contribution in [2.24, 2.45) is 0 Å². The lowest BCUT2D eigenvalue weighted by atomic mass is 9.70. The maximum atomic E-state index is 12.4. The number of benzene rings is 1. The molecule has 2 aromatic rings. The van der Waals surface area contributed by atoms with E-state index >= 15 is 0 Å². The van der Waals surface area contributed by atoms with Gasteiger partial charge in [-0.3, -0.25) is 0 Å². The van der Waals surface area contributed by atoms with Gasteiger partial charge in [-0.1, -0.05) is 17.7 Å². The number of aromatic nitrogens is 2. The van der Waals surface area contributed by atoms with Gasteiger partial charge in [-0.2, -0.15) is 5.10 Å². The number of hydrogen-bond acceptors (Lipinski definition) is 2. The Hall–Kier alpha value is -2.56. The molecule has 2 amide bonds. The van der Waals surface area contributed by atoms with E-state index in [1.165, 1.54) is 22.4 Å². The van der Waals surface area contributed by atoms with Crippen molar-refractivity contribution in [3.8, 4) is 5.69 Å². The summed E-state index contributed by atoms with van der Waals surface area (Å²) >= 11 is 0. The third-order valence-electron chi connectivity index (χ3n) is 6.75. The summed E-state index contributed by atoms with van der Waals surface area (Å²) in [4.78, 5) is 14.5. The topological polar surface area (TPSA) is 49.9 Å². The first kappa shape index (κ1) is 13.7. The number of hydrogen-bond donors (Lipinski definition) is 1. The van der Waals surface area contributed by atoms with Crippen LogP contribution >= 0.6 is 0 Å². The lowest BCUT2D eigenvalue weighted by molar-refractivity contribution is 0.228. The predicted molar refractivity (Wildman–Crippen MR) is 94.5 cm³/mol. The Morgan fingerprint density at radius 2 is 2.08 bits per heavy atom. The van der Waals surface area contributed by atoms with Crippen molar-refractivity contribution >= 4 is 12.1 Å². The third-order valence-corrected chi connectivity index (χ3v) is 6.75. The predicted octanol–water partition coefficient (Wildman–Crippen LogP) is 2.82. The summed E-state index contributed by atoms with van der Waals surface area (Å²) in [6.07, 6.45) is 8.58. The molecule has 4 aliphatic rings.